The summed E-state index contributed by atoms with van der Waals surface area (Å²) in [5.74, 6) is 1.63. The van der Waals surface area contributed by atoms with Crippen molar-refractivity contribution in [1.82, 2.24) is 14.9 Å². The quantitative estimate of drug-likeness (QED) is 0.197. The molecule has 0 saturated heterocycles. The van der Waals surface area contributed by atoms with Gasteiger partial charge in [-0.2, -0.15) is 5.10 Å². The summed E-state index contributed by atoms with van der Waals surface area (Å²) in [5.41, 5.74) is 11.0. The number of aryl methyl sites for hydroxylation is 3. The first-order valence-electron chi connectivity index (χ1n) is 13.7. The molecule has 3 aromatic carbocycles. The summed E-state index contributed by atoms with van der Waals surface area (Å²) in [5, 5.41) is 8.43. The predicted octanol–water partition coefficient (Wildman–Crippen LogP) is 6.24. The minimum absolute atomic E-state index is 0.0757. The van der Waals surface area contributed by atoms with E-state index in [0.717, 1.165) is 33.8 Å². The van der Waals surface area contributed by atoms with Gasteiger partial charge in [0.25, 0.3) is 5.91 Å². The summed E-state index contributed by atoms with van der Waals surface area (Å²) < 4.78 is 20.0. The molecule has 0 spiro atoms. The number of carbonyl (C=O) groups excluding carboxylic acids is 1. The van der Waals surface area contributed by atoms with Crippen LogP contribution in [0.3, 0.4) is 0 Å². The second-order valence-electron chi connectivity index (χ2n) is 10.3. The molecule has 41 heavy (non-hydrogen) atoms. The molecule has 0 fully saturated rings. The molecule has 0 atom stereocenters. The van der Waals surface area contributed by atoms with Crippen molar-refractivity contribution >= 4 is 5.91 Å². The molecule has 2 heterocycles. The van der Waals surface area contributed by atoms with Gasteiger partial charge in [-0.25, -0.2) is 0 Å². The lowest BCUT2D eigenvalue weighted by Crippen LogP contribution is -2.13. The van der Waals surface area contributed by atoms with Crippen molar-refractivity contribution in [1.29, 1.82) is 0 Å². The lowest BCUT2D eigenvalue weighted by molar-refractivity contribution is 0.0992. The number of ether oxygens (including phenoxy) is 2. The van der Waals surface area contributed by atoms with Crippen LogP contribution >= 0.6 is 0 Å². The normalized spacial score (nSPS) is 11.1. The molecule has 0 unspecified atom stereocenters. The molecule has 0 aliphatic rings. The maximum absolute atomic E-state index is 12.1. The van der Waals surface area contributed by atoms with Crippen LogP contribution < -0.4 is 15.2 Å². The molecule has 8 nitrogen and oxygen atoms in total. The number of rotatable bonds is 12. The Kier molecular flexibility index (Phi) is 8.48. The monoisotopic (exact) mass is 550 g/mol. The summed E-state index contributed by atoms with van der Waals surface area (Å²) in [4.78, 5) is 12.1. The largest absolute Gasteiger partial charge is 0.488 e. The van der Waals surface area contributed by atoms with Crippen molar-refractivity contribution in [2.75, 3.05) is 0 Å². The van der Waals surface area contributed by atoms with Crippen molar-refractivity contribution in [2.24, 2.45) is 12.8 Å². The van der Waals surface area contributed by atoms with E-state index >= 15 is 0 Å². The van der Waals surface area contributed by atoms with E-state index in [1.165, 1.54) is 0 Å². The van der Waals surface area contributed by atoms with Crippen molar-refractivity contribution < 1.29 is 18.8 Å². The molecule has 0 bridgehead atoms. The summed E-state index contributed by atoms with van der Waals surface area (Å²) >= 11 is 0. The second kappa shape index (κ2) is 12.6. The third kappa shape index (κ3) is 6.66. The molecule has 0 aliphatic heterocycles. The first-order chi connectivity index (χ1) is 19.9. The number of hydrogen-bond acceptors (Lipinski definition) is 6. The SMILES string of the molecule is CC(C)c1cc(CCc2onc(C(N)=O)c2-c2ccn(C)n2)c(OCc2ccccc2)cc1OCc1ccccc1. The summed E-state index contributed by atoms with van der Waals surface area (Å²) in [6.45, 7) is 5.17. The Bertz CT molecular complexity index is 1610. The van der Waals surface area contributed by atoms with Crippen LogP contribution in [-0.4, -0.2) is 20.8 Å². The van der Waals surface area contributed by atoms with Crippen LogP contribution in [0.15, 0.2) is 89.6 Å². The number of hydrogen-bond donors (Lipinski definition) is 1. The van der Waals surface area contributed by atoms with E-state index in [4.69, 9.17) is 19.7 Å². The Morgan fingerprint density at radius 2 is 1.54 bits per heavy atom. The van der Waals surface area contributed by atoms with Crippen molar-refractivity contribution in [2.45, 2.75) is 45.8 Å². The van der Waals surface area contributed by atoms with E-state index in [1.54, 1.807) is 10.9 Å². The van der Waals surface area contributed by atoms with Gasteiger partial charge in [-0.15, -0.1) is 0 Å². The topological polar surface area (TPSA) is 105 Å². The third-order valence-electron chi connectivity index (χ3n) is 6.88. The van der Waals surface area contributed by atoms with Gasteiger partial charge in [0.15, 0.2) is 5.69 Å². The van der Waals surface area contributed by atoms with E-state index in [9.17, 15) is 4.79 Å². The smallest absolute Gasteiger partial charge is 0.271 e. The number of primary amides is 1. The summed E-state index contributed by atoms with van der Waals surface area (Å²) in [7, 11) is 1.81. The second-order valence-corrected chi connectivity index (χ2v) is 10.3. The Morgan fingerprint density at radius 1 is 0.902 bits per heavy atom. The Morgan fingerprint density at radius 3 is 2.10 bits per heavy atom. The molecular formula is C33H34N4O4. The van der Waals surface area contributed by atoms with E-state index in [1.807, 2.05) is 79.8 Å². The average Bonchev–Trinajstić information content (AvgIpc) is 3.61. The molecule has 1 amide bonds. The predicted molar refractivity (Wildman–Crippen MR) is 157 cm³/mol. The van der Waals surface area contributed by atoms with Gasteiger partial charge in [-0.3, -0.25) is 9.48 Å². The van der Waals surface area contributed by atoms with Gasteiger partial charge in [0.2, 0.25) is 0 Å². The molecule has 5 aromatic rings. The zero-order chi connectivity index (χ0) is 28.8. The maximum atomic E-state index is 12.1. The highest BCUT2D eigenvalue weighted by Gasteiger charge is 2.24. The number of aromatic nitrogens is 3. The fourth-order valence-corrected chi connectivity index (χ4v) is 4.73. The van der Waals surface area contributed by atoms with Crippen LogP contribution in [0.25, 0.3) is 11.3 Å². The van der Waals surface area contributed by atoms with E-state index < -0.39 is 5.91 Å². The Labute approximate surface area is 239 Å². The highest BCUT2D eigenvalue weighted by Crippen LogP contribution is 2.36. The molecule has 210 valence electrons. The lowest BCUT2D eigenvalue weighted by atomic mass is 9.95. The number of nitrogens with zero attached hydrogens (tertiary/aromatic N) is 3. The highest BCUT2D eigenvalue weighted by atomic mass is 16.5. The van der Waals surface area contributed by atoms with E-state index in [0.29, 0.717) is 43.1 Å². The molecular weight excluding hydrogens is 516 g/mol. The molecule has 8 heteroatoms. The number of nitrogens with two attached hydrogens (primary N) is 1. The fourth-order valence-electron chi connectivity index (χ4n) is 4.73. The molecule has 2 aromatic heterocycles. The average molecular weight is 551 g/mol. The van der Waals surface area contributed by atoms with Crippen LogP contribution in [0.2, 0.25) is 0 Å². The van der Waals surface area contributed by atoms with Crippen LogP contribution in [0.4, 0.5) is 0 Å². The van der Waals surface area contributed by atoms with Crippen molar-refractivity contribution in [3.05, 3.63) is 119 Å². The number of benzene rings is 3. The van der Waals surface area contributed by atoms with Crippen molar-refractivity contribution in [3.8, 4) is 22.8 Å². The van der Waals surface area contributed by atoms with Crippen LogP contribution in [0.1, 0.15) is 58.3 Å². The zero-order valence-corrected chi connectivity index (χ0v) is 23.5. The van der Waals surface area contributed by atoms with Gasteiger partial charge in [-0.05, 0) is 46.7 Å². The Hall–Kier alpha value is -4.85. The Balaban J connectivity index is 1.47. The first-order valence-corrected chi connectivity index (χ1v) is 13.7. The van der Waals surface area contributed by atoms with Gasteiger partial charge in [0.05, 0.1) is 11.3 Å². The molecule has 0 aliphatic carbocycles. The number of carbonyl (C=O) groups is 1. The van der Waals surface area contributed by atoms with Gasteiger partial charge in [0, 0.05) is 25.7 Å². The van der Waals surface area contributed by atoms with Gasteiger partial charge >= 0.3 is 0 Å². The van der Waals surface area contributed by atoms with Crippen molar-refractivity contribution in [3.63, 3.8) is 0 Å². The highest BCUT2D eigenvalue weighted by molar-refractivity contribution is 5.97. The lowest BCUT2D eigenvalue weighted by Gasteiger charge is -2.20. The summed E-state index contributed by atoms with van der Waals surface area (Å²) in [6, 6.07) is 26.1. The van der Waals surface area contributed by atoms with Gasteiger partial charge < -0.3 is 19.7 Å². The van der Waals surface area contributed by atoms with Gasteiger partial charge in [-0.1, -0.05) is 79.7 Å². The van der Waals surface area contributed by atoms with Gasteiger partial charge in [0.1, 0.15) is 30.5 Å². The fraction of sp³-hybridized carbons (Fsp3) is 0.242. The standard InChI is InChI=1S/C33H34N4O4/c1-22(2)26-18-25(14-15-28-31(27-16-17-37(3)35-27)32(33(34)38)36-41-28)29(39-20-23-10-6-4-7-11-23)19-30(26)40-21-24-12-8-5-9-13-24/h4-13,16-19,22H,14-15,20-21H2,1-3H3,(H2,34,38). The van der Waals surface area contributed by atoms with Crippen LogP contribution in [0.5, 0.6) is 11.5 Å². The minimum atomic E-state index is -0.658. The first kappa shape index (κ1) is 27.7. The third-order valence-corrected chi connectivity index (χ3v) is 6.88. The zero-order valence-electron chi connectivity index (χ0n) is 23.5. The van der Waals surface area contributed by atoms with E-state index in [-0.39, 0.29) is 11.6 Å². The van der Waals surface area contributed by atoms with Crippen LogP contribution in [0, 0.1) is 0 Å². The minimum Gasteiger partial charge on any atom is -0.488 e. The number of amides is 1. The molecule has 5 rings (SSSR count). The maximum Gasteiger partial charge on any atom is 0.271 e. The summed E-state index contributed by atoms with van der Waals surface area (Å²) in [6.07, 6.45) is 2.85. The van der Waals surface area contributed by atoms with E-state index in [2.05, 4.69) is 30.2 Å². The molecule has 0 radical (unpaired) electrons. The van der Waals surface area contributed by atoms with Crippen LogP contribution in [-0.2, 0) is 33.1 Å². The molecule has 0 saturated carbocycles. The molecule has 2 N–H and O–H groups in total.